The van der Waals surface area contributed by atoms with Crippen LogP contribution in [0.4, 0.5) is 0 Å². The zero-order valence-electron chi connectivity index (χ0n) is 10.9. The summed E-state index contributed by atoms with van der Waals surface area (Å²) in [6.07, 6.45) is 2.34. The van der Waals surface area contributed by atoms with Gasteiger partial charge >= 0.3 is 0 Å². The van der Waals surface area contributed by atoms with E-state index in [1.165, 1.54) is 27.3 Å². The van der Waals surface area contributed by atoms with Crippen molar-refractivity contribution in [2.75, 3.05) is 34.5 Å². The van der Waals surface area contributed by atoms with Crippen molar-refractivity contribution < 1.29 is 28.8 Å². The van der Waals surface area contributed by atoms with E-state index in [-0.39, 0.29) is 24.7 Å². The van der Waals surface area contributed by atoms with Crippen molar-refractivity contribution in [3.8, 4) is 23.9 Å². The van der Waals surface area contributed by atoms with Crippen molar-refractivity contribution in [1.29, 1.82) is 0 Å². The number of carbonyl (C=O) groups excluding carboxylic acids is 1. The van der Waals surface area contributed by atoms with Gasteiger partial charge in [0.25, 0.3) is 5.76 Å². The number of allylic oxidation sites excluding steroid dienone is 1. The molecule has 0 heterocycles. The molecule has 0 saturated carbocycles. The van der Waals surface area contributed by atoms with Crippen LogP contribution in [-0.4, -0.2) is 45.6 Å². The largest absolute Gasteiger partial charge is 0.498 e. The van der Waals surface area contributed by atoms with E-state index in [0.29, 0.717) is 0 Å². The quantitative estimate of drug-likeness (QED) is 0.255. The van der Waals surface area contributed by atoms with Crippen LogP contribution >= 0.6 is 0 Å². The van der Waals surface area contributed by atoms with Gasteiger partial charge in [0.2, 0.25) is 11.5 Å². The molecule has 0 spiro atoms. The van der Waals surface area contributed by atoms with Crippen LogP contribution in [0.25, 0.3) is 0 Å². The number of aliphatic hydroxyl groups excluding tert-OH is 1. The van der Waals surface area contributed by atoms with Gasteiger partial charge in [-0.1, -0.05) is 5.92 Å². The normalized spacial score (nSPS) is 9.63. The monoisotopic (exact) mass is 266 g/mol. The molecule has 6 nitrogen and oxygen atoms in total. The second-order valence-corrected chi connectivity index (χ2v) is 2.79. The highest BCUT2D eigenvalue weighted by atomic mass is 16.5. The van der Waals surface area contributed by atoms with Crippen molar-refractivity contribution in [3.05, 3.63) is 17.3 Å². The molecule has 0 radical (unpaired) electrons. The van der Waals surface area contributed by atoms with Crippen molar-refractivity contribution in [2.45, 2.75) is 0 Å². The van der Waals surface area contributed by atoms with Gasteiger partial charge in [0.05, 0.1) is 21.3 Å². The van der Waals surface area contributed by atoms with E-state index in [1.54, 1.807) is 0 Å². The predicted octanol–water partition coefficient (Wildman–Crippen LogP) is 0.392. The smallest absolute Gasteiger partial charge is 0.251 e. The molecule has 0 aromatic carbocycles. The Hall–Kier alpha value is -2.53. The molecule has 102 valence electrons. The first-order chi connectivity index (χ1) is 9.21. The highest BCUT2D eigenvalue weighted by Gasteiger charge is 2.12. The maximum absolute atomic E-state index is 10.5. The lowest BCUT2D eigenvalue weighted by Gasteiger charge is -2.05. The fraction of sp³-hybridized carbons (Fsp3) is 0.385. The molecule has 0 aromatic rings. The van der Waals surface area contributed by atoms with Crippen LogP contribution in [0.3, 0.4) is 0 Å². The molecule has 0 bridgehead atoms. The summed E-state index contributed by atoms with van der Waals surface area (Å²) in [5, 5.41) is 9.58. The van der Waals surface area contributed by atoms with Crippen molar-refractivity contribution in [2.24, 2.45) is 0 Å². The number of rotatable bonds is 5. The van der Waals surface area contributed by atoms with Gasteiger partial charge in [-0.25, -0.2) is 4.79 Å². The minimum atomic E-state index is -0.450. The van der Waals surface area contributed by atoms with Crippen LogP contribution in [0, 0.1) is 23.9 Å². The summed E-state index contributed by atoms with van der Waals surface area (Å²) in [6, 6.07) is 0. The third kappa shape index (κ3) is 6.70. The van der Waals surface area contributed by atoms with Gasteiger partial charge in [0, 0.05) is 0 Å². The fourth-order valence-electron chi connectivity index (χ4n) is 0.909. The Labute approximate surface area is 111 Å². The Balaban J connectivity index is 4.56. The summed E-state index contributed by atoms with van der Waals surface area (Å²) in [5.74, 6) is 7.98. The van der Waals surface area contributed by atoms with Crippen molar-refractivity contribution >= 4 is 5.94 Å². The first kappa shape index (κ1) is 16.5. The van der Waals surface area contributed by atoms with E-state index in [9.17, 15) is 9.90 Å². The summed E-state index contributed by atoms with van der Waals surface area (Å²) >= 11 is 0. The van der Waals surface area contributed by atoms with E-state index in [4.69, 9.17) is 9.47 Å². The molecule has 6 heteroatoms. The second kappa shape index (κ2) is 10.6. The van der Waals surface area contributed by atoms with E-state index in [1.807, 2.05) is 0 Å². The third-order valence-electron chi connectivity index (χ3n) is 1.65. The molecule has 1 N–H and O–H groups in total. The minimum Gasteiger partial charge on any atom is -0.498 e. The molecular formula is C13H14O6. The molecule has 0 saturated heterocycles. The van der Waals surface area contributed by atoms with Crippen LogP contribution < -0.4 is 0 Å². The molecule has 0 unspecified atom stereocenters. The van der Waals surface area contributed by atoms with Crippen LogP contribution in [0.5, 0.6) is 0 Å². The van der Waals surface area contributed by atoms with Gasteiger partial charge in [-0.05, 0) is 11.8 Å². The molecule has 19 heavy (non-hydrogen) atoms. The van der Waals surface area contributed by atoms with E-state index >= 15 is 0 Å². The van der Waals surface area contributed by atoms with Crippen LogP contribution in [0.2, 0.25) is 0 Å². The number of aliphatic hydroxyl groups is 1. The van der Waals surface area contributed by atoms with Crippen LogP contribution in [0.1, 0.15) is 0 Å². The zero-order valence-corrected chi connectivity index (χ0v) is 10.9. The Morgan fingerprint density at radius 1 is 1.11 bits per heavy atom. The molecule has 0 fully saturated rings. The van der Waals surface area contributed by atoms with Crippen LogP contribution in [0.15, 0.2) is 17.3 Å². The van der Waals surface area contributed by atoms with Crippen molar-refractivity contribution in [3.63, 3.8) is 0 Å². The van der Waals surface area contributed by atoms with Gasteiger partial charge in [0.1, 0.15) is 19.3 Å². The fourth-order valence-corrected chi connectivity index (χ4v) is 0.909. The molecule has 0 atom stereocenters. The molecule has 0 aliphatic heterocycles. The predicted molar refractivity (Wildman–Crippen MR) is 66.3 cm³/mol. The summed E-state index contributed by atoms with van der Waals surface area (Å²) in [6.45, 7) is 0.203. The Bertz CT molecular complexity index is 477. The number of hydrogen-bond acceptors (Lipinski definition) is 6. The lowest BCUT2D eigenvalue weighted by atomic mass is 10.3. The Kier molecular flexibility index (Phi) is 9.20. The SMILES string of the molecule is COC#CCOCC#C/C(O)=C(/OC)C(=C=O)OC. The first-order valence-electron chi connectivity index (χ1n) is 5.05. The summed E-state index contributed by atoms with van der Waals surface area (Å²) in [5.41, 5.74) is 0. The standard InChI is InChI=1S/C13H14O6/c1-16-7-5-9-19-8-4-6-11(15)13(18-3)12(10-14)17-2/h15H,8-9H2,1-3H3/b13-11-. The van der Waals surface area contributed by atoms with Gasteiger partial charge in [-0.3, -0.25) is 0 Å². The number of ether oxygens (including phenoxy) is 4. The molecule has 0 aliphatic rings. The van der Waals surface area contributed by atoms with Gasteiger partial charge in [-0.15, -0.1) is 0 Å². The molecule has 0 aromatic heterocycles. The maximum Gasteiger partial charge on any atom is 0.251 e. The average molecular weight is 266 g/mol. The minimum absolute atomic E-state index is 0.0482. The third-order valence-corrected chi connectivity index (χ3v) is 1.65. The highest BCUT2D eigenvalue weighted by molar-refractivity contribution is 5.57. The second-order valence-electron chi connectivity index (χ2n) is 2.79. The summed E-state index contributed by atoms with van der Waals surface area (Å²) in [4.78, 5) is 10.5. The highest BCUT2D eigenvalue weighted by Crippen LogP contribution is 2.11. The average Bonchev–Trinajstić information content (AvgIpc) is 2.43. The Morgan fingerprint density at radius 2 is 1.79 bits per heavy atom. The van der Waals surface area contributed by atoms with E-state index in [0.717, 1.165) is 0 Å². The zero-order chi connectivity index (χ0) is 14.5. The molecule has 0 amide bonds. The molecule has 0 aliphatic carbocycles. The topological polar surface area (TPSA) is 74.2 Å². The number of hydrogen-bond donors (Lipinski definition) is 1. The molecular weight excluding hydrogens is 252 g/mol. The first-order valence-corrected chi connectivity index (χ1v) is 5.05. The number of methoxy groups -OCH3 is 3. The van der Waals surface area contributed by atoms with E-state index in [2.05, 4.69) is 33.3 Å². The molecule has 0 rings (SSSR count). The summed E-state index contributed by atoms with van der Waals surface area (Å²) < 4.78 is 18.9. The van der Waals surface area contributed by atoms with Gasteiger partial charge in [-0.2, -0.15) is 0 Å². The van der Waals surface area contributed by atoms with E-state index < -0.39 is 5.76 Å². The maximum atomic E-state index is 10.5. The lowest BCUT2D eigenvalue weighted by Crippen LogP contribution is -2.00. The van der Waals surface area contributed by atoms with Gasteiger partial charge in [0.15, 0.2) is 5.94 Å². The lowest BCUT2D eigenvalue weighted by molar-refractivity contribution is 0.202. The summed E-state index contributed by atoms with van der Waals surface area (Å²) in [7, 11) is 3.95. The Morgan fingerprint density at radius 3 is 2.32 bits per heavy atom. The van der Waals surface area contributed by atoms with Crippen LogP contribution in [-0.2, 0) is 23.7 Å². The van der Waals surface area contributed by atoms with Crippen molar-refractivity contribution in [1.82, 2.24) is 0 Å². The van der Waals surface area contributed by atoms with Gasteiger partial charge < -0.3 is 24.1 Å².